The van der Waals surface area contributed by atoms with Crippen LogP contribution < -0.4 is 5.32 Å². The van der Waals surface area contributed by atoms with E-state index in [1.165, 1.54) is 31.2 Å². The maximum atomic E-state index is 12.0. The Morgan fingerprint density at radius 1 is 1.30 bits per heavy atom. The van der Waals surface area contributed by atoms with E-state index in [9.17, 15) is 4.79 Å². The summed E-state index contributed by atoms with van der Waals surface area (Å²) in [6, 6.07) is 8.66. The number of hydrogen-bond acceptors (Lipinski definition) is 2. The number of thioether (sulfide) groups is 1. The van der Waals surface area contributed by atoms with E-state index >= 15 is 0 Å². The van der Waals surface area contributed by atoms with E-state index in [0.29, 0.717) is 11.8 Å². The number of fused-ring (bicyclic) bond motifs is 2. The summed E-state index contributed by atoms with van der Waals surface area (Å²) in [5.41, 5.74) is 1.25. The van der Waals surface area contributed by atoms with Crippen LogP contribution in [-0.2, 0) is 10.5 Å². The molecule has 0 aliphatic heterocycles. The number of carbonyl (C=O) groups excluding carboxylic acids is 1. The molecule has 2 nitrogen and oxygen atoms in total. The SMILES string of the molecule is O=C(CSCc1ccccc1Br)N[C@H]1C[C@H]2CC[C@H]1C2. The molecule has 1 amide bonds. The standard InChI is InChI=1S/C16H20BrNOS/c17-14-4-2-1-3-13(14)9-20-10-16(19)18-15-8-11-5-6-12(15)7-11/h1-4,11-12,15H,5-10H2,(H,18,19)/t11-,12-,15-/m0/s1. The Kier molecular flexibility index (Phi) is 4.72. The zero-order valence-corrected chi connectivity index (χ0v) is 13.9. The fourth-order valence-electron chi connectivity index (χ4n) is 3.54. The number of nitrogens with one attached hydrogen (secondary N) is 1. The molecular weight excluding hydrogens is 334 g/mol. The third kappa shape index (κ3) is 3.40. The van der Waals surface area contributed by atoms with E-state index in [0.717, 1.165) is 22.1 Å². The minimum Gasteiger partial charge on any atom is -0.352 e. The third-order valence-electron chi connectivity index (χ3n) is 4.53. The van der Waals surface area contributed by atoms with E-state index in [2.05, 4.69) is 27.3 Å². The minimum atomic E-state index is 0.208. The lowest BCUT2D eigenvalue weighted by molar-refractivity contribution is -0.119. The van der Waals surface area contributed by atoms with Crippen LogP contribution in [0.2, 0.25) is 0 Å². The van der Waals surface area contributed by atoms with Gasteiger partial charge in [-0.2, -0.15) is 0 Å². The first-order valence-corrected chi connectivity index (χ1v) is 9.27. The van der Waals surface area contributed by atoms with E-state index < -0.39 is 0 Å². The van der Waals surface area contributed by atoms with Crippen molar-refractivity contribution in [1.82, 2.24) is 5.32 Å². The molecule has 2 aliphatic rings. The molecule has 1 N–H and O–H groups in total. The summed E-state index contributed by atoms with van der Waals surface area (Å²) in [6.45, 7) is 0. The summed E-state index contributed by atoms with van der Waals surface area (Å²) in [5, 5.41) is 3.24. The number of rotatable bonds is 5. The van der Waals surface area contributed by atoms with E-state index in [1.807, 2.05) is 18.2 Å². The van der Waals surface area contributed by atoms with Gasteiger partial charge in [-0.1, -0.05) is 40.5 Å². The van der Waals surface area contributed by atoms with Gasteiger partial charge >= 0.3 is 0 Å². The summed E-state index contributed by atoms with van der Waals surface area (Å²) in [4.78, 5) is 12.0. The Bertz CT molecular complexity index is 493. The first-order chi connectivity index (χ1) is 9.72. The van der Waals surface area contributed by atoms with Crippen LogP contribution in [0.4, 0.5) is 0 Å². The monoisotopic (exact) mass is 353 g/mol. The molecule has 3 atom stereocenters. The molecule has 1 aromatic carbocycles. The van der Waals surface area contributed by atoms with Gasteiger partial charge in [-0.25, -0.2) is 0 Å². The Morgan fingerprint density at radius 2 is 2.15 bits per heavy atom. The van der Waals surface area contributed by atoms with Crippen LogP contribution in [0.5, 0.6) is 0 Å². The quantitative estimate of drug-likeness (QED) is 0.866. The van der Waals surface area contributed by atoms with Gasteiger partial charge in [0.15, 0.2) is 0 Å². The highest BCUT2D eigenvalue weighted by molar-refractivity contribution is 9.10. The van der Waals surface area contributed by atoms with Crippen molar-refractivity contribution in [3.05, 3.63) is 34.3 Å². The highest BCUT2D eigenvalue weighted by Gasteiger charge is 2.39. The average molecular weight is 354 g/mol. The van der Waals surface area contributed by atoms with Gasteiger partial charge in [-0.3, -0.25) is 4.79 Å². The molecule has 0 spiro atoms. The van der Waals surface area contributed by atoms with Crippen LogP contribution in [0.25, 0.3) is 0 Å². The summed E-state index contributed by atoms with van der Waals surface area (Å²) in [7, 11) is 0. The molecule has 0 unspecified atom stereocenters. The number of amides is 1. The lowest BCUT2D eigenvalue weighted by Gasteiger charge is -2.22. The molecule has 3 rings (SSSR count). The summed E-state index contributed by atoms with van der Waals surface area (Å²) in [6.07, 6.45) is 5.26. The van der Waals surface area contributed by atoms with Gasteiger partial charge in [0, 0.05) is 16.3 Å². The third-order valence-corrected chi connectivity index (χ3v) is 6.29. The van der Waals surface area contributed by atoms with Gasteiger partial charge in [-0.05, 0) is 42.7 Å². The Balaban J connectivity index is 1.40. The molecule has 1 aromatic rings. The molecule has 2 aliphatic carbocycles. The lowest BCUT2D eigenvalue weighted by Crippen LogP contribution is -2.39. The van der Waals surface area contributed by atoms with Crippen molar-refractivity contribution in [2.45, 2.75) is 37.5 Å². The molecule has 2 fully saturated rings. The van der Waals surface area contributed by atoms with E-state index in [4.69, 9.17) is 0 Å². The van der Waals surface area contributed by atoms with E-state index in [-0.39, 0.29) is 5.91 Å². The number of halogens is 1. The molecule has 2 saturated carbocycles. The predicted molar refractivity (Wildman–Crippen MR) is 87.7 cm³/mol. The zero-order valence-electron chi connectivity index (χ0n) is 11.5. The van der Waals surface area contributed by atoms with Crippen LogP contribution >= 0.6 is 27.7 Å². The lowest BCUT2D eigenvalue weighted by atomic mass is 9.95. The summed E-state index contributed by atoms with van der Waals surface area (Å²) >= 11 is 5.23. The average Bonchev–Trinajstić information content (AvgIpc) is 3.03. The van der Waals surface area contributed by atoms with Crippen molar-refractivity contribution in [1.29, 1.82) is 0 Å². The maximum Gasteiger partial charge on any atom is 0.230 e. The zero-order chi connectivity index (χ0) is 13.9. The summed E-state index contributed by atoms with van der Waals surface area (Å²) < 4.78 is 1.13. The molecule has 4 heteroatoms. The fraction of sp³-hybridized carbons (Fsp3) is 0.562. The van der Waals surface area contributed by atoms with Crippen molar-refractivity contribution < 1.29 is 4.79 Å². The first-order valence-electron chi connectivity index (χ1n) is 7.33. The highest BCUT2D eigenvalue weighted by atomic mass is 79.9. The topological polar surface area (TPSA) is 29.1 Å². The molecule has 0 radical (unpaired) electrons. The van der Waals surface area contributed by atoms with Gasteiger partial charge in [-0.15, -0.1) is 11.8 Å². The number of hydrogen-bond donors (Lipinski definition) is 1. The second kappa shape index (κ2) is 6.52. The highest BCUT2D eigenvalue weighted by Crippen LogP contribution is 2.44. The normalized spacial score (nSPS) is 27.8. The first kappa shape index (κ1) is 14.5. The van der Waals surface area contributed by atoms with Crippen LogP contribution in [0.15, 0.2) is 28.7 Å². The smallest absolute Gasteiger partial charge is 0.230 e. The molecule has 0 saturated heterocycles. The minimum absolute atomic E-state index is 0.208. The van der Waals surface area contributed by atoms with Crippen LogP contribution in [0.3, 0.4) is 0 Å². The second-order valence-electron chi connectivity index (χ2n) is 5.93. The Morgan fingerprint density at radius 3 is 2.85 bits per heavy atom. The Hall–Kier alpha value is -0.480. The molecule has 2 bridgehead atoms. The Labute approximate surface area is 133 Å². The number of carbonyl (C=O) groups is 1. The molecule has 108 valence electrons. The van der Waals surface area contributed by atoms with E-state index in [1.54, 1.807) is 11.8 Å². The molecule has 20 heavy (non-hydrogen) atoms. The van der Waals surface area contributed by atoms with Crippen LogP contribution in [0, 0.1) is 11.8 Å². The van der Waals surface area contributed by atoms with Crippen molar-refractivity contribution in [3.63, 3.8) is 0 Å². The predicted octanol–water partition coefficient (Wildman–Crippen LogP) is 3.99. The molecule has 0 aromatic heterocycles. The van der Waals surface area contributed by atoms with Gasteiger partial charge in [0.05, 0.1) is 5.75 Å². The van der Waals surface area contributed by atoms with Crippen molar-refractivity contribution >= 4 is 33.6 Å². The molecule has 0 heterocycles. The number of benzene rings is 1. The second-order valence-corrected chi connectivity index (χ2v) is 7.77. The molecular formula is C16H20BrNOS. The van der Waals surface area contributed by atoms with Crippen LogP contribution in [-0.4, -0.2) is 17.7 Å². The fourth-order valence-corrected chi connectivity index (χ4v) is 4.99. The van der Waals surface area contributed by atoms with Gasteiger partial charge in [0.2, 0.25) is 5.91 Å². The van der Waals surface area contributed by atoms with Gasteiger partial charge < -0.3 is 5.32 Å². The van der Waals surface area contributed by atoms with Gasteiger partial charge in [0.25, 0.3) is 0 Å². The van der Waals surface area contributed by atoms with Crippen LogP contribution in [0.1, 0.15) is 31.2 Å². The maximum absolute atomic E-state index is 12.0. The van der Waals surface area contributed by atoms with Gasteiger partial charge in [0.1, 0.15) is 0 Å². The largest absolute Gasteiger partial charge is 0.352 e. The van der Waals surface area contributed by atoms with Crippen molar-refractivity contribution in [2.75, 3.05) is 5.75 Å². The van der Waals surface area contributed by atoms with Crippen molar-refractivity contribution in [2.24, 2.45) is 11.8 Å². The summed E-state index contributed by atoms with van der Waals surface area (Å²) in [5.74, 6) is 3.30. The van der Waals surface area contributed by atoms with Crippen molar-refractivity contribution in [3.8, 4) is 0 Å².